The Morgan fingerprint density at radius 1 is 1.28 bits per heavy atom. The SMILES string of the molecule is CCC(CC)NC(=O)NCCc1ccccc1Cl. The van der Waals surface area contributed by atoms with Gasteiger partial charge in [0, 0.05) is 17.6 Å². The van der Waals surface area contributed by atoms with Crippen molar-refractivity contribution in [3.05, 3.63) is 34.9 Å². The highest BCUT2D eigenvalue weighted by molar-refractivity contribution is 6.31. The van der Waals surface area contributed by atoms with Crippen molar-refractivity contribution in [2.75, 3.05) is 6.54 Å². The third-order valence-electron chi connectivity index (χ3n) is 2.96. The first-order valence-corrected chi connectivity index (χ1v) is 6.82. The minimum Gasteiger partial charge on any atom is -0.338 e. The quantitative estimate of drug-likeness (QED) is 0.816. The van der Waals surface area contributed by atoms with Crippen LogP contribution in [-0.4, -0.2) is 18.6 Å². The molecule has 1 aromatic rings. The summed E-state index contributed by atoms with van der Waals surface area (Å²) in [5, 5.41) is 6.53. The average Bonchev–Trinajstić information content (AvgIpc) is 2.38. The molecule has 1 aromatic carbocycles. The topological polar surface area (TPSA) is 41.1 Å². The molecular formula is C14H21ClN2O. The number of halogens is 1. The van der Waals surface area contributed by atoms with Crippen molar-refractivity contribution in [3.8, 4) is 0 Å². The fraction of sp³-hybridized carbons (Fsp3) is 0.500. The lowest BCUT2D eigenvalue weighted by molar-refractivity contribution is 0.236. The standard InChI is InChI=1S/C14H21ClN2O/c1-3-12(4-2)17-14(18)16-10-9-11-7-5-6-8-13(11)15/h5-8,12H,3-4,9-10H2,1-2H3,(H2,16,17,18). The van der Waals surface area contributed by atoms with E-state index in [2.05, 4.69) is 24.5 Å². The van der Waals surface area contributed by atoms with Crippen LogP contribution in [0.1, 0.15) is 32.3 Å². The Bertz CT molecular complexity index is 378. The zero-order valence-electron chi connectivity index (χ0n) is 11.0. The predicted octanol–water partition coefficient (Wildman–Crippen LogP) is 3.37. The summed E-state index contributed by atoms with van der Waals surface area (Å²) >= 11 is 6.04. The number of carbonyl (C=O) groups excluding carboxylic acids is 1. The van der Waals surface area contributed by atoms with Crippen LogP contribution in [0.25, 0.3) is 0 Å². The Kier molecular flexibility index (Phi) is 6.58. The molecule has 2 amide bonds. The zero-order chi connectivity index (χ0) is 13.4. The van der Waals surface area contributed by atoms with E-state index in [1.54, 1.807) is 0 Å². The Morgan fingerprint density at radius 2 is 1.94 bits per heavy atom. The van der Waals surface area contributed by atoms with Crippen LogP contribution in [0.15, 0.2) is 24.3 Å². The molecule has 0 fully saturated rings. The lowest BCUT2D eigenvalue weighted by Crippen LogP contribution is -2.42. The molecule has 3 nitrogen and oxygen atoms in total. The molecule has 0 atom stereocenters. The number of nitrogens with one attached hydrogen (secondary N) is 2. The van der Waals surface area contributed by atoms with Crippen molar-refractivity contribution >= 4 is 17.6 Å². The summed E-state index contributed by atoms with van der Waals surface area (Å²) in [5.74, 6) is 0. The minimum atomic E-state index is -0.101. The van der Waals surface area contributed by atoms with Crippen molar-refractivity contribution in [1.29, 1.82) is 0 Å². The van der Waals surface area contributed by atoms with Crippen LogP contribution < -0.4 is 10.6 Å². The van der Waals surface area contributed by atoms with Gasteiger partial charge in [0.15, 0.2) is 0 Å². The van der Waals surface area contributed by atoms with E-state index in [0.29, 0.717) is 6.54 Å². The van der Waals surface area contributed by atoms with Crippen LogP contribution in [0.3, 0.4) is 0 Å². The molecule has 0 saturated heterocycles. The molecule has 0 spiro atoms. The van der Waals surface area contributed by atoms with Gasteiger partial charge >= 0.3 is 6.03 Å². The Morgan fingerprint density at radius 3 is 2.56 bits per heavy atom. The third-order valence-corrected chi connectivity index (χ3v) is 3.33. The third kappa shape index (κ3) is 4.96. The molecule has 0 aromatic heterocycles. The summed E-state index contributed by atoms with van der Waals surface area (Å²) in [6, 6.07) is 7.84. The number of urea groups is 1. The van der Waals surface area contributed by atoms with Gasteiger partial charge in [0.25, 0.3) is 0 Å². The molecule has 1 rings (SSSR count). The highest BCUT2D eigenvalue weighted by Gasteiger charge is 2.07. The van der Waals surface area contributed by atoms with Crippen LogP contribution in [0.4, 0.5) is 4.79 Å². The Labute approximate surface area is 114 Å². The minimum absolute atomic E-state index is 0.101. The van der Waals surface area contributed by atoms with E-state index >= 15 is 0 Å². The van der Waals surface area contributed by atoms with E-state index in [9.17, 15) is 4.79 Å². The van der Waals surface area contributed by atoms with E-state index in [0.717, 1.165) is 29.8 Å². The molecule has 18 heavy (non-hydrogen) atoms. The first-order valence-electron chi connectivity index (χ1n) is 6.45. The van der Waals surface area contributed by atoms with Crippen LogP contribution in [0.2, 0.25) is 5.02 Å². The molecule has 0 heterocycles. The molecule has 0 radical (unpaired) electrons. The first-order chi connectivity index (χ1) is 8.67. The number of hydrogen-bond acceptors (Lipinski definition) is 1. The van der Waals surface area contributed by atoms with Crippen molar-refractivity contribution in [2.45, 2.75) is 39.2 Å². The van der Waals surface area contributed by atoms with Gasteiger partial charge in [0.05, 0.1) is 0 Å². The van der Waals surface area contributed by atoms with Crippen molar-refractivity contribution in [1.82, 2.24) is 10.6 Å². The highest BCUT2D eigenvalue weighted by Crippen LogP contribution is 2.14. The summed E-state index contributed by atoms with van der Waals surface area (Å²) in [6.45, 7) is 4.73. The Balaban J connectivity index is 2.29. The first kappa shape index (κ1) is 14.8. The number of benzene rings is 1. The fourth-order valence-corrected chi connectivity index (χ4v) is 1.97. The second kappa shape index (κ2) is 7.98. The summed E-state index contributed by atoms with van der Waals surface area (Å²) < 4.78 is 0. The molecule has 100 valence electrons. The van der Waals surface area contributed by atoms with Crippen LogP contribution in [0, 0.1) is 0 Å². The second-order valence-corrected chi connectivity index (χ2v) is 4.66. The van der Waals surface area contributed by atoms with Crippen LogP contribution in [-0.2, 0) is 6.42 Å². The number of hydrogen-bond donors (Lipinski definition) is 2. The van der Waals surface area contributed by atoms with Crippen molar-refractivity contribution < 1.29 is 4.79 Å². The molecule has 0 aliphatic heterocycles. The maximum Gasteiger partial charge on any atom is 0.315 e. The molecular weight excluding hydrogens is 248 g/mol. The van der Waals surface area contributed by atoms with Gasteiger partial charge in [-0.3, -0.25) is 0 Å². The highest BCUT2D eigenvalue weighted by atomic mass is 35.5. The lowest BCUT2D eigenvalue weighted by Gasteiger charge is -2.15. The van der Waals surface area contributed by atoms with Gasteiger partial charge in [0.1, 0.15) is 0 Å². The largest absolute Gasteiger partial charge is 0.338 e. The lowest BCUT2D eigenvalue weighted by atomic mass is 10.1. The maximum atomic E-state index is 11.6. The predicted molar refractivity (Wildman–Crippen MR) is 76.1 cm³/mol. The van der Waals surface area contributed by atoms with Gasteiger partial charge in [0.2, 0.25) is 0 Å². The summed E-state index contributed by atoms with van der Waals surface area (Å²) in [6.07, 6.45) is 2.65. The maximum absolute atomic E-state index is 11.6. The summed E-state index contributed by atoms with van der Waals surface area (Å²) in [5.41, 5.74) is 1.06. The van der Waals surface area contributed by atoms with Crippen molar-refractivity contribution in [2.24, 2.45) is 0 Å². The molecule has 0 aliphatic rings. The van der Waals surface area contributed by atoms with Gasteiger partial charge in [-0.05, 0) is 30.9 Å². The van der Waals surface area contributed by atoms with E-state index in [1.807, 2.05) is 24.3 Å². The van der Waals surface area contributed by atoms with Gasteiger partial charge in [-0.1, -0.05) is 43.6 Å². The van der Waals surface area contributed by atoms with Gasteiger partial charge in [-0.15, -0.1) is 0 Å². The molecule has 0 unspecified atom stereocenters. The Hall–Kier alpha value is -1.22. The van der Waals surface area contributed by atoms with E-state index < -0.39 is 0 Å². The summed E-state index contributed by atoms with van der Waals surface area (Å²) in [7, 11) is 0. The van der Waals surface area contributed by atoms with Crippen molar-refractivity contribution in [3.63, 3.8) is 0 Å². The summed E-state index contributed by atoms with van der Waals surface area (Å²) in [4.78, 5) is 11.6. The molecule has 0 saturated carbocycles. The smallest absolute Gasteiger partial charge is 0.315 e. The van der Waals surface area contributed by atoms with E-state index in [-0.39, 0.29) is 12.1 Å². The van der Waals surface area contributed by atoms with Gasteiger partial charge in [-0.25, -0.2) is 4.79 Å². The molecule has 4 heteroatoms. The number of amides is 2. The van der Waals surface area contributed by atoms with Gasteiger partial charge in [-0.2, -0.15) is 0 Å². The zero-order valence-corrected chi connectivity index (χ0v) is 11.8. The molecule has 2 N–H and O–H groups in total. The average molecular weight is 269 g/mol. The molecule has 0 bridgehead atoms. The normalized spacial score (nSPS) is 10.4. The van der Waals surface area contributed by atoms with Crippen LogP contribution >= 0.6 is 11.6 Å². The fourth-order valence-electron chi connectivity index (χ4n) is 1.74. The van der Waals surface area contributed by atoms with E-state index in [1.165, 1.54) is 0 Å². The van der Waals surface area contributed by atoms with Gasteiger partial charge < -0.3 is 10.6 Å². The number of rotatable bonds is 6. The second-order valence-electron chi connectivity index (χ2n) is 4.26. The number of carbonyl (C=O) groups is 1. The van der Waals surface area contributed by atoms with Crippen LogP contribution in [0.5, 0.6) is 0 Å². The molecule has 0 aliphatic carbocycles. The monoisotopic (exact) mass is 268 g/mol. The van der Waals surface area contributed by atoms with E-state index in [4.69, 9.17) is 11.6 Å².